The summed E-state index contributed by atoms with van der Waals surface area (Å²) >= 11 is 1.57. The summed E-state index contributed by atoms with van der Waals surface area (Å²) in [5.41, 5.74) is 0. The van der Waals surface area contributed by atoms with Gasteiger partial charge in [-0.05, 0) is 24.3 Å². The first kappa shape index (κ1) is 13.7. The predicted octanol–water partition coefficient (Wildman–Crippen LogP) is 2.26. The molecule has 1 amide bonds. The van der Waals surface area contributed by atoms with Gasteiger partial charge in [0.05, 0.1) is 6.21 Å². The van der Waals surface area contributed by atoms with E-state index < -0.39 is 0 Å². The van der Waals surface area contributed by atoms with E-state index in [1.165, 1.54) is 0 Å². The normalized spacial score (nSPS) is 12.9. The van der Waals surface area contributed by atoms with E-state index in [1.807, 2.05) is 24.4 Å². The van der Waals surface area contributed by atoms with Crippen molar-refractivity contribution < 1.29 is 9.63 Å². The maximum absolute atomic E-state index is 11.4. The third-order valence-corrected chi connectivity index (χ3v) is 3.19. The van der Waals surface area contributed by atoms with E-state index >= 15 is 0 Å². The Morgan fingerprint density at radius 1 is 1.59 bits per heavy atom. The van der Waals surface area contributed by atoms with E-state index in [0.717, 1.165) is 4.88 Å². The quantitative estimate of drug-likeness (QED) is 0.625. The molecule has 0 spiro atoms. The van der Waals surface area contributed by atoms with E-state index in [9.17, 15) is 4.79 Å². The predicted molar refractivity (Wildman–Crippen MR) is 70.3 cm³/mol. The second-order valence-electron chi connectivity index (χ2n) is 4.12. The lowest BCUT2D eigenvalue weighted by molar-refractivity contribution is -0.126. The van der Waals surface area contributed by atoms with Crippen LogP contribution in [-0.4, -0.2) is 24.8 Å². The molecule has 1 unspecified atom stereocenters. The minimum atomic E-state index is -0.144. The van der Waals surface area contributed by atoms with Gasteiger partial charge in [-0.3, -0.25) is 4.79 Å². The second kappa shape index (κ2) is 7.06. The summed E-state index contributed by atoms with van der Waals surface area (Å²) in [7, 11) is 0. The Balaban J connectivity index is 2.20. The molecule has 0 radical (unpaired) electrons. The fraction of sp³-hybridized carbons (Fsp3) is 0.500. The lowest BCUT2D eigenvalue weighted by Gasteiger charge is -2.16. The van der Waals surface area contributed by atoms with Crippen molar-refractivity contribution in [1.29, 1.82) is 0 Å². The molecule has 1 aromatic rings. The molecule has 0 bridgehead atoms. The summed E-state index contributed by atoms with van der Waals surface area (Å²) in [6.45, 7) is 6.04. The summed E-state index contributed by atoms with van der Waals surface area (Å²) in [4.78, 5) is 17.3. The Morgan fingerprint density at radius 2 is 2.35 bits per heavy atom. The SMILES string of the molecule is CC(C)C(C)NC(=O)CON=Cc1cccs1. The molecule has 0 fully saturated rings. The molecule has 0 aliphatic heterocycles. The molecule has 1 aromatic heterocycles. The number of rotatable bonds is 6. The first-order chi connectivity index (χ1) is 8.09. The van der Waals surface area contributed by atoms with Crippen molar-refractivity contribution in [2.75, 3.05) is 6.61 Å². The molecule has 1 N–H and O–H groups in total. The zero-order valence-corrected chi connectivity index (χ0v) is 11.2. The third-order valence-electron chi connectivity index (χ3n) is 2.38. The number of carbonyl (C=O) groups excluding carboxylic acids is 1. The topological polar surface area (TPSA) is 50.7 Å². The number of hydrogen-bond donors (Lipinski definition) is 1. The summed E-state index contributed by atoms with van der Waals surface area (Å²) in [6, 6.07) is 4.01. The van der Waals surface area contributed by atoms with E-state index in [1.54, 1.807) is 17.6 Å². The van der Waals surface area contributed by atoms with E-state index in [0.29, 0.717) is 5.92 Å². The molecular formula is C12H18N2O2S. The number of hydrogen-bond acceptors (Lipinski definition) is 4. The molecule has 1 rings (SSSR count). The van der Waals surface area contributed by atoms with Crippen molar-refractivity contribution in [1.82, 2.24) is 5.32 Å². The zero-order chi connectivity index (χ0) is 12.7. The minimum absolute atomic E-state index is 0.0427. The average molecular weight is 254 g/mol. The van der Waals surface area contributed by atoms with Crippen molar-refractivity contribution in [3.8, 4) is 0 Å². The second-order valence-corrected chi connectivity index (χ2v) is 5.10. The van der Waals surface area contributed by atoms with Gasteiger partial charge in [-0.15, -0.1) is 11.3 Å². The van der Waals surface area contributed by atoms with Crippen LogP contribution in [0.2, 0.25) is 0 Å². The van der Waals surface area contributed by atoms with Crippen LogP contribution >= 0.6 is 11.3 Å². The summed E-state index contributed by atoms with van der Waals surface area (Å²) in [6.07, 6.45) is 1.60. The van der Waals surface area contributed by atoms with Crippen molar-refractivity contribution in [2.24, 2.45) is 11.1 Å². The third kappa shape index (κ3) is 5.49. The van der Waals surface area contributed by atoms with Gasteiger partial charge in [0.15, 0.2) is 6.61 Å². The van der Waals surface area contributed by atoms with Crippen molar-refractivity contribution >= 4 is 23.5 Å². The Morgan fingerprint density at radius 3 is 2.94 bits per heavy atom. The Labute approximate surface area is 106 Å². The molecule has 94 valence electrons. The highest BCUT2D eigenvalue weighted by Gasteiger charge is 2.10. The largest absolute Gasteiger partial charge is 0.386 e. The molecule has 4 nitrogen and oxygen atoms in total. The molecule has 1 atom stereocenters. The summed E-state index contributed by atoms with van der Waals surface area (Å²) < 4.78 is 0. The van der Waals surface area contributed by atoms with Gasteiger partial charge >= 0.3 is 0 Å². The van der Waals surface area contributed by atoms with Gasteiger partial charge in [-0.25, -0.2) is 0 Å². The molecule has 1 heterocycles. The number of thiophene rings is 1. The highest BCUT2D eigenvalue weighted by Crippen LogP contribution is 2.04. The fourth-order valence-electron chi connectivity index (χ4n) is 1.01. The average Bonchev–Trinajstić information content (AvgIpc) is 2.77. The van der Waals surface area contributed by atoms with Gasteiger partial charge in [-0.1, -0.05) is 25.1 Å². The Bertz CT molecular complexity index is 361. The monoisotopic (exact) mass is 254 g/mol. The molecular weight excluding hydrogens is 236 g/mol. The number of amides is 1. The summed E-state index contributed by atoms with van der Waals surface area (Å²) in [5.74, 6) is 0.267. The first-order valence-corrected chi connectivity index (χ1v) is 6.45. The van der Waals surface area contributed by atoms with Gasteiger partial charge in [0.2, 0.25) is 0 Å². The van der Waals surface area contributed by atoms with Crippen molar-refractivity contribution in [2.45, 2.75) is 26.8 Å². The van der Waals surface area contributed by atoms with Crippen LogP contribution < -0.4 is 5.32 Å². The van der Waals surface area contributed by atoms with E-state index in [2.05, 4.69) is 24.3 Å². The lowest BCUT2D eigenvalue weighted by atomic mass is 10.1. The Kier molecular flexibility index (Phi) is 5.69. The molecule has 17 heavy (non-hydrogen) atoms. The maximum Gasteiger partial charge on any atom is 0.260 e. The molecule has 0 aromatic carbocycles. The smallest absolute Gasteiger partial charge is 0.260 e. The molecule has 0 aliphatic rings. The molecule has 0 saturated carbocycles. The summed E-state index contributed by atoms with van der Waals surface area (Å²) in [5, 5.41) is 8.53. The molecule has 0 saturated heterocycles. The van der Waals surface area contributed by atoms with E-state index in [4.69, 9.17) is 4.84 Å². The van der Waals surface area contributed by atoms with Gasteiger partial charge < -0.3 is 10.2 Å². The van der Waals surface area contributed by atoms with E-state index in [-0.39, 0.29) is 18.6 Å². The van der Waals surface area contributed by atoms with Gasteiger partial charge in [0.25, 0.3) is 5.91 Å². The first-order valence-electron chi connectivity index (χ1n) is 5.58. The minimum Gasteiger partial charge on any atom is -0.386 e. The number of nitrogens with zero attached hydrogens (tertiary/aromatic N) is 1. The maximum atomic E-state index is 11.4. The molecule has 5 heteroatoms. The van der Waals surface area contributed by atoms with Crippen molar-refractivity contribution in [3.05, 3.63) is 22.4 Å². The van der Waals surface area contributed by atoms with Gasteiger partial charge in [-0.2, -0.15) is 0 Å². The van der Waals surface area contributed by atoms with Crippen LogP contribution in [0.4, 0.5) is 0 Å². The number of carbonyl (C=O) groups is 1. The fourth-order valence-corrected chi connectivity index (χ4v) is 1.59. The highest BCUT2D eigenvalue weighted by atomic mass is 32.1. The van der Waals surface area contributed by atoms with Crippen LogP contribution in [0, 0.1) is 5.92 Å². The molecule has 0 aliphatic carbocycles. The van der Waals surface area contributed by atoms with Crippen LogP contribution in [0.3, 0.4) is 0 Å². The van der Waals surface area contributed by atoms with Gasteiger partial charge in [0, 0.05) is 10.9 Å². The van der Waals surface area contributed by atoms with Crippen molar-refractivity contribution in [3.63, 3.8) is 0 Å². The van der Waals surface area contributed by atoms with Crippen LogP contribution in [0.5, 0.6) is 0 Å². The number of nitrogens with one attached hydrogen (secondary N) is 1. The highest BCUT2D eigenvalue weighted by molar-refractivity contribution is 7.11. The Hall–Kier alpha value is -1.36. The van der Waals surface area contributed by atoms with Crippen LogP contribution in [0.25, 0.3) is 0 Å². The standard InChI is InChI=1S/C12H18N2O2S/c1-9(2)10(3)14-12(15)8-16-13-7-11-5-4-6-17-11/h4-7,9-10H,8H2,1-3H3,(H,14,15). The lowest BCUT2D eigenvalue weighted by Crippen LogP contribution is -2.38. The zero-order valence-electron chi connectivity index (χ0n) is 10.3. The number of oxime groups is 1. The van der Waals surface area contributed by atoms with Crippen LogP contribution in [0.1, 0.15) is 25.6 Å². The van der Waals surface area contributed by atoms with Crippen LogP contribution in [0.15, 0.2) is 22.7 Å². The van der Waals surface area contributed by atoms with Crippen LogP contribution in [-0.2, 0) is 9.63 Å². The van der Waals surface area contributed by atoms with Gasteiger partial charge in [0.1, 0.15) is 0 Å².